The molecule has 0 aromatic heterocycles. The summed E-state index contributed by atoms with van der Waals surface area (Å²) in [6, 6.07) is 7.76. The Morgan fingerprint density at radius 2 is 1.64 bits per heavy atom. The summed E-state index contributed by atoms with van der Waals surface area (Å²) in [7, 11) is 0. The van der Waals surface area contributed by atoms with E-state index in [-0.39, 0.29) is 33.7 Å². The monoisotopic (exact) mass is 341 g/mol. The average Bonchev–Trinajstić information content (AvgIpc) is 2.64. The average molecular weight is 341 g/mol. The number of carbonyl (C=O) groups excluding carboxylic acids is 3. The van der Waals surface area contributed by atoms with Crippen LogP contribution in [0.5, 0.6) is 5.75 Å². The van der Waals surface area contributed by atoms with Gasteiger partial charge in [-0.2, -0.15) is 0 Å². The number of hydrogen-bond acceptors (Lipinski definition) is 7. The third-order valence-corrected chi connectivity index (χ3v) is 4.02. The number of anilines is 1. The van der Waals surface area contributed by atoms with Crippen molar-refractivity contribution < 1.29 is 24.6 Å². The van der Waals surface area contributed by atoms with Crippen molar-refractivity contribution in [2.24, 2.45) is 5.84 Å². The first-order chi connectivity index (χ1) is 12.0. The van der Waals surface area contributed by atoms with E-state index >= 15 is 0 Å². The molecule has 1 aliphatic carbocycles. The van der Waals surface area contributed by atoms with Crippen LogP contribution in [-0.2, 0) is 4.79 Å². The van der Waals surface area contributed by atoms with Crippen molar-refractivity contribution in [2.75, 3.05) is 11.9 Å². The molecule has 0 unspecified atom stereocenters. The molecule has 0 heterocycles. The molecule has 0 fully saturated rings. The van der Waals surface area contributed by atoms with E-state index in [1.165, 1.54) is 24.3 Å². The number of phenols is 1. The number of fused-ring (bicyclic) bond motifs is 2. The number of phenolic OH excluding ortho intramolecular Hbond substituents is 1. The predicted molar refractivity (Wildman–Crippen MR) is 88.2 cm³/mol. The molecule has 6 N–H and O–H groups in total. The highest BCUT2D eigenvalue weighted by Gasteiger charge is 2.34. The second-order valence-corrected chi connectivity index (χ2v) is 5.47. The highest BCUT2D eigenvalue weighted by molar-refractivity contribution is 6.31. The van der Waals surface area contributed by atoms with E-state index in [4.69, 9.17) is 5.84 Å². The van der Waals surface area contributed by atoms with Crippen LogP contribution >= 0.6 is 0 Å². The lowest BCUT2D eigenvalue weighted by Crippen LogP contribution is -2.45. The maximum absolute atomic E-state index is 12.8. The molecule has 25 heavy (non-hydrogen) atoms. The molecule has 8 heteroatoms. The molecule has 3 rings (SSSR count). The van der Waals surface area contributed by atoms with Gasteiger partial charge in [-0.1, -0.05) is 24.3 Å². The van der Waals surface area contributed by atoms with Crippen molar-refractivity contribution in [1.29, 1.82) is 0 Å². The maximum atomic E-state index is 12.8. The van der Waals surface area contributed by atoms with Crippen molar-refractivity contribution in [3.63, 3.8) is 0 Å². The number of aromatic hydroxyl groups is 1. The van der Waals surface area contributed by atoms with Crippen LogP contribution in [0, 0.1) is 0 Å². The van der Waals surface area contributed by atoms with Gasteiger partial charge in [0.25, 0.3) is 5.91 Å². The van der Waals surface area contributed by atoms with Crippen molar-refractivity contribution in [3.8, 4) is 5.75 Å². The summed E-state index contributed by atoms with van der Waals surface area (Å²) in [5, 5.41) is 22.1. The molecule has 0 bridgehead atoms. The summed E-state index contributed by atoms with van der Waals surface area (Å²) in [6.07, 6.45) is 0. The molecule has 1 atom stereocenters. The van der Waals surface area contributed by atoms with Crippen molar-refractivity contribution >= 4 is 23.2 Å². The van der Waals surface area contributed by atoms with Gasteiger partial charge < -0.3 is 15.5 Å². The number of amides is 1. The van der Waals surface area contributed by atoms with E-state index in [0.717, 1.165) is 0 Å². The zero-order valence-electron chi connectivity index (χ0n) is 12.9. The van der Waals surface area contributed by atoms with Crippen LogP contribution in [0.4, 0.5) is 5.69 Å². The molecule has 2 aromatic rings. The van der Waals surface area contributed by atoms with Gasteiger partial charge in [0.05, 0.1) is 17.7 Å². The fourth-order valence-electron chi connectivity index (χ4n) is 2.81. The number of aliphatic hydroxyl groups is 1. The van der Waals surface area contributed by atoms with Gasteiger partial charge in [0, 0.05) is 16.8 Å². The molecule has 0 spiro atoms. The standard InChI is InChI=1S/C17H15N3O5/c18-20-17(25)11(7-21)19-10-5-6-12(22)14-13(10)15(23)8-3-1-2-4-9(8)16(14)24/h1-6,11,19,21-22H,7,18H2,(H,20,25)/t11-/m0/s1. The van der Waals surface area contributed by atoms with Crippen molar-refractivity contribution in [3.05, 3.63) is 58.7 Å². The molecule has 0 saturated heterocycles. The van der Waals surface area contributed by atoms with Crippen molar-refractivity contribution in [1.82, 2.24) is 5.43 Å². The van der Waals surface area contributed by atoms with Crippen LogP contribution in [0.15, 0.2) is 36.4 Å². The van der Waals surface area contributed by atoms with Gasteiger partial charge in [-0.3, -0.25) is 19.8 Å². The highest BCUT2D eigenvalue weighted by atomic mass is 16.3. The molecule has 0 saturated carbocycles. The third kappa shape index (κ3) is 2.63. The number of hydrogen-bond donors (Lipinski definition) is 5. The smallest absolute Gasteiger partial charge is 0.258 e. The van der Waals surface area contributed by atoms with Crippen LogP contribution < -0.4 is 16.6 Å². The second kappa shape index (κ2) is 6.34. The molecule has 0 aliphatic heterocycles. The number of rotatable bonds is 4. The first kappa shape index (κ1) is 16.6. The first-order valence-corrected chi connectivity index (χ1v) is 7.41. The Morgan fingerprint density at radius 3 is 2.20 bits per heavy atom. The third-order valence-electron chi connectivity index (χ3n) is 4.02. The van der Waals surface area contributed by atoms with Crippen LogP contribution in [0.25, 0.3) is 0 Å². The molecule has 128 valence electrons. The topological polar surface area (TPSA) is 142 Å². The minimum atomic E-state index is -1.13. The maximum Gasteiger partial charge on any atom is 0.258 e. The fourth-order valence-corrected chi connectivity index (χ4v) is 2.81. The van der Waals surface area contributed by atoms with E-state index in [9.17, 15) is 24.6 Å². The number of carbonyl (C=O) groups is 3. The summed E-state index contributed by atoms with van der Waals surface area (Å²) in [6.45, 7) is -0.586. The quantitative estimate of drug-likeness (QED) is 0.193. The van der Waals surface area contributed by atoms with Gasteiger partial charge in [-0.05, 0) is 12.1 Å². The number of hydrazine groups is 1. The van der Waals surface area contributed by atoms with E-state index in [1.54, 1.807) is 12.1 Å². The Bertz CT molecular complexity index is 894. The Labute approximate surface area is 142 Å². The zero-order chi connectivity index (χ0) is 18.1. The summed E-state index contributed by atoms with van der Waals surface area (Å²) in [5.41, 5.74) is 2.26. The number of nitrogens with two attached hydrogens (primary N) is 1. The minimum absolute atomic E-state index is 0.0491. The summed E-state index contributed by atoms with van der Waals surface area (Å²) < 4.78 is 0. The molecule has 0 radical (unpaired) electrons. The number of benzene rings is 2. The van der Waals surface area contributed by atoms with E-state index in [0.29, 0.717) is 0 Å². The van der Waals surface area contributed by atoms with E-state index in [2.05, 4.69) is 5.32 Å². The van der Waals surface area contributed by atoms with Gasteiger partial charge in [-0.15, -0.1) is 0 Å². The Balaban J connectivity index is 2.15. The second-order valence-electron chi connectivity index (χ2n) is 5.47. The lowest BCUT2D eigenvalue weighted by atomic mass is 9.82. The van der Waals surface area contributed by atoms with Gasteiger partial charge in [0.15, 0.2) is 11.6 Å². The van der Waals surface area contributed by atoms with Gasteiger partial charge in [0.2, 0.25) is 0 Å². The molecule has 1 amide bonds. The van der Waals surface area contributed by atoms with E-state index < -0.39 is 30.1 Å². The SMILES string of the molecule is NNC(=O)[C@H](CO)Nc1ccc(O)c2c1C(=O)c1ccccc1C2=O. The largest absolute Gasteiger partial charge is 0.507 e. The lowest BCUT2D eigenvalue weighted by Gasteiger charge is -2.23. The Morgan fingerprint density at radius 1 is 1.04 bits per heavy atom. The van der Waals surface area contributed by atoms with Crippen LogP contribution in [0.3, 0.4) is 0 Å². The molecule has 8 nitrogen and oxygen atoms in total. The first-order valence-electron chi connectivity index (χ1n) is 7.41. The van der Waals surface area contributed by atoms with Gasteiger partial charge in [-0.25, -0.2) is 5.84 Å². The Kier molecular flexibility index (Phi) is 4.22. The summed E-state index contributed by atoms with van der Waals surface area (Å²) in [4.78, 5) is 37.2. The molecule has 2 aromatic carbocycles. The number of aliphatic hydroxyl groups excluding tert-OH is 1. The summed E-state index contributed by atoms with van der Waals surface area (Å²) >= 11 is 0. The van der Waals surface area contributed by atoms with Crippen molar-refractivity contribution in [2.45, 2.75) is 6.04 Å². The summed E-state index contributed by atoms with van der Waals surface area (Å²) in [5.74, 6) is 3.08. The van der Waals surface area contributed by atoms with E-state index in [1.807, 2.05) is 5.43 Å². The molecular formula is C17H15N3O5. The van der Waals surface area contributed by atoms with Gasteiger partial charge in [0.1, 0.15) is 11.8 Å². The number of ketones is 2. The van der Waals surface area contributed by atoms with Gasteiger partial charge >= 0.3 is 0 Å². The normalized spacial score (nSPS) is 13.7. The predicted octanol–water partition coefficient (Wildman–Crippen LogP) is -0.0697. The lowest BCUT2D eigenvalue weighted by molar-refractivity contribution is -0.122. The fraction of sp³-hybridized carbons (Fsp3) is 0.118. The van der Waals surface area contributed by atoms with Crippen LogP contribution in [0.2, 0.25) is 0 Å². The van der Waals surface area contributed by atoms with Crippen LogP contribution in [0.1, 0.15) is 31.8 Å². The molecular weight excluding hydrogens is 326 g/mol. The zero-order valence-corrected chi connectivity index (χ0v) is 12.9. The molecule has 1 aliphatic rings. The minimum Gasteiger partial charge on any atom is -0.507 e. The Hall–Kier alpha value is -3.23. The highest BCUT2D eigenvalue weighted by Crippen LogP contribution is 2.37. The number of nitrogens with one attached hydrogen (secondary N) is 2. The van der Waals surface area contributed by atoms with Crippen LogP contribution in [-0.4, -0.2) is 40.3 Å².